The number of phosphoric ester groups is 1. The van der Waals surface area contributed by atoms with Crippen molar-refractivity contribution in [2.24, 2.45) is 0 Å². The van der Waals surface area contributed by atoms with E-state index >= 15 is 0 Å². The van der Waals surface area contributed by atoms with E-state index in [1.165, 1.54) is 160 Å². The molecule has 1 aliphatic carbocycles. The Kier molecular flexibility index (Phi) is 50.3. The topological polar surface area (TPSA) is 374 Å². The van der Waals surface area contributed by atoms with Crippen molar-refractivity contribution in [2.75, 3.05) is 26.4 Å². The number of hydrogen-bond acceptors (Lipinski definition) is 23. The third-order valence-corrected chi connectivity index (χ3v) is 19.8. The number of ether oxygens (including phenoxy) is 7. The molecular weight excluding hydrogens is 1290 g/mol. The minimum Gasteiger partial charge on any atom is -0.462 e. The number of aliphatic hydroxyl groups is 10. The van der Waals surface area contributed by atoms with Crippen LogP contribution < -0.4 is 0 Å². The van der Waals surface area contributed by atoms with E-state index in [1.54, 1.807) is 6.08 Å². The van der Waals surface area contributed by atoms with Crippen molar-refractivity contribution >= 4 is 25.7 Å². The number of hydrogen-bond donors (Lipinski definition) is 11. The Morgan fingerprint density at radius 3 is 1.20 bits per heavy atom. The molecule has 98 heavy (non-hydrogen) atoms. The maximum Gasteiger partial charge on any atom is 0.472 e. The summed E-state index contributed by atoms with van der Waals surface area (Å²) >= 11 is 0. The van der Waals surface area contributed by atoms with Gasteiger partial charge in [0.15, 0.2) is 18.7 Å². The van der Waals surface area contributed by atoms with E-state index in [1.807, 2.05) is 6.08 Å². The van der Waals surface area contributed by atoms with E-state index in [9.17, 15) is 74.9 Å². The molecule has 2 aliphatic heterocycles. The Morgan fingerprint density at radius 1 is 0.418 bits per heavy atom. The van der Waals surface area contributed by atoms with Crippen LogP contribution in [0.25, 0.3) is 0 Å². The van der Waals surface area contributed by atoms with Gasteiger partial charge in [-0.1, -0.05) is 270 Å². The van der Waals surface area contributed by atoms with Crippen LogP contribution in [0.2, 0.25) is 0 Å². The van der Waals surface area contributed by atoms with Gasteiger partial charge in [0.1, 0.15) is 98.7 Å². The van der Waals surface area contributed by atoms with Crippen LogP contribution >= 0.6 is 7.82 Å². The first-order valence-electron chi connectivity index (χ1n) is 38.2. The molecule has 24 nitrogen and oxygen atoms in total. The van der Waals surface area contributed by atoms with Gasteiger partial charge in [-0.2, -0.15) is 0 Å². The van der Waals surface area contributed by atoms with Crippen molar-refractivity contribution in [1.82, 2.24) is 0 Å². The summed E-state index contributed by atoms with van der Waals surface area (Å²) in [6.45, 7) is 3.37. The van der Waals surface area contributed by atoms with Crippen LogP contribution in [0.3, 0.4) is 0 Å². The smallest absolute Gasteiger partial charge is 0.462 e. The summed E-state index contributed by atoms with van der Waals surface area (Å²) in [5.41, 5.74) is 0. The predicted octanol–water partition coefficient (Wildman–Crippen LogP) is 10.5. The van der Waals surface area contributed by atoms with Crippen molar-refractivity contribution in [2.45, 2.75) is 395 Å². The highest BCUT2D eigenvalue weighted by molar-refractivity contribution is 7.47. The van der Waals surface area contributed by atoms with E-state index in [4.69, 9.17) is 42.2 Å². The number of esters is 3. The van der Waals surface area contributed by atoms with Gasteiger partial charge in [0.25, 0.3) is 0 Å². The molecule has 1 saturated carbocycles. The second-order valence-electron chi connectivity index (χ2n) is 27.4. The average Bonchev–Trinajstić information content (AvgIpc) is 0.762. The number of carbonyl (C=O) groups excluding carboxylic acids is 3. The Balaban J connectivity index is 1.74. The van der Waals surface area contributed by atoms with Gasteiger partial charge in [0.05, 0.1) is 13.2 Å². The standard InChI is InChI=1S/C73H133O24P/c1-4-7-10-13-16-19-22-24-26-27-29-31-34-37-40-43-46-49-59(77)92-54(51-89-57(75)47-44-41-38-35-32-21-18-15-12-9-6-3)52-91-98(87,88)97-71-69(95-72-67(85)62(80)60(78)55(50-74)93-72)65(83)64(82)66(84)70(71)96-73-68(86)63(81)61(79)56(94-73)53-90-58(76)48-45-42-39-36-33-30-28-25-23-20-17-14-11-8-5-2/h39,42,45,48,54-56,60-74,78-86H,4-38,40-41,43-44,46-47,49-53H2,1-3H3,(H,87,88)/b42-39+,48-45+. The molecule has 3 aliphatic rings. The lowest BCUT2D eigenvalue weighted by Crippen LogP contribution is -2.69. The second kappa shape index (κ2) is 55.0. The third-order valence-electron chi connectivity index (χ3n) is 18.8. The lowest BCUT2D eigenvalue weighted by atomic mass is 9.84. The van der Waals surface area contributed by atoms with Crippen molar-refractivity contribution in [1.29, 1.82) is 0 Å². The SMILES string of the molecule is CCCCCCCCCCCCC/C=C/C=C/C(=O)OCC1OC(OC2C(O)C(O)C(O)C(OC3OC(CO)C(O)C(O)C3O)C2OP(=O)(O)OCC(COC(=O)CCCCCCCCCCCCC)OC(=O)CCCCCCCCCCCCCCCCCCC)C(O)C(O)C1O. The van der Waals surface area contributed by atoms with Gasteiger partial charge in [-0.3, -0.25) is 18.6 Å². The first kappa shape index (κ1) is 89.7. The molecule has 0 radical (unpaired) electrons. The summed E-state index contributed by atoms with van der Waals surface area (Å²) in [5.74, 6) is -2.21. The predicted molar refractivity (Wildman–Crippen MR) is 370 cm³/mol. The highest BCUT2D eigenvalue weighted by atomic mass is 31.2. The summed E-state index contributed by atoms with van der Waals surface area (Å²) < 4.78 is 64.8. The van der Waals surface area contributed by atoms with E-state index in [0.717, 1.165) is 96.0 Å². The number of carbonyl (C=O) groups is 3. The fourth-order valence-electron chi connectivity index (χ4n) is 12.6. The summed E-state index contributed by atoms with van der Waals surface area (Å²) in [6.07, 6.45) is 15.9. The zero-order valence-electron chi connectivity index (χ0n) is 59.8. The average molecular weight is 1430 g/mol. The highest BCUT2D eigenvalue weighted by Gasteiger charge is 2.58. The molecule has 3 fully saturated rings. The van der Waals surface area contributed by atoms with Gasteiger partial charge in [0, 0.05) is 18.9 Å². The zero-order valence-corrected chi connectivity index (χ0v) is 60.7. The molecule has 2 heterocycles. The van der Waals surface area contributed by atoms with E-state index in [0.29, 0.717) is 12.8 Å². The number of rotatable bonds is 59. The molecule has 0 aromatic rings. The maximum absolute atomic E-state index is 14.3. The summed E-state index contributed by atoms with van der Waals surface area (Å²) in [6, 6.07) is 0. The van der Waals surface area contributed by atoms with E-state index < -0.39 is 156 Å². The second-order valence-corrected chi connectivity index (χ2v) is 28.9. The van der Waals surface area contributed by atoms with Crippen LogP contribution in [0.5, 0.6) is 0 Å². The number of aliphatic hydroxyl groups excluding tert-OH is 10. The molecule has 11 N–H and O–H groups in total. The molecule has 0 aromatic heterocycles. The van der Waals surface area contributed by atoms with Crippen molar-refractivity contribution in [3.8, 4) is 0 Å². The van der Waals surface area contributed by atoms with Crippen LogP contribution in [0.1, 0.15) is 290 Å². The number of allylic oxidation sites excluding steroid dienone is 3. The number of unbranched alkanes of at least 4 members (excludes halogenated alkanes) is 37. The summed E-state index contributed by atoms with van der Waals surface area (Å²) in [7, 11) is -5.70. The fraction of sp³-hybridized carbons (Fsp3) is 0.904. The normalized spacial score (nSPS) is 27.7. The van der Waals surface area contributed by atoms with E-state index in [2.05, 4.69) is 20.8 Å². The van der Waals surface area contributed by atoms with Gasteiger partial charge >= 0.3 is 25.7 Å². The van der Waals surface area contributed by atoms with Gasteiger partial charge in [-0.25, -0.2) is 9.36 Å². The van der Waals surface area contributed by atoms with Crippen LogP contribution in [-0.2, 0) is 61.2 Å². The third kappa shape index (κ3) is 37.7. The molecule has 18 unspecified atom stereocenters. The fourth-order valence-corrected chi connectivity index (χ4v) is 13.6. The molecule has 0 spiro atoms. The molecule has 0 bridgehead atoms. The Bertz CT molecular complexity index is 2120. The van der Waals surface area contributed by atoms with Crippen LogP contribution in [0, 0.1) is 0 Å². The lowest BCUT2D eigenvalue weighted by Gasteiger charge is -2.49. The van der Waals surface area contributed by atoms with Crippen molar-refractivity contribution in [3.63, 3.8) is 0 Å². The molecule has 3 rings (SSSR count). The molecule has 574 valence electrons. The first-order chi connectivity index (χ1) is 47.3. The van der Waals surface area contributed by atoms with Crippen LogP contribution in [0.15, 0.2) is 24.3 Å². The summed E-state index contributed by atoms with van der Waals surface area (Å²) in [4.78, 5) is 50.9. The van der Waals surface area contributed by atoms with Crippen molar-refractivity contribution in [3.05, 3.63) is 24.3 Å². The molecule has 18 atom stereocenters. The molecular formula is C73H133O24P. The Morgan fingerprint density at radius 2 is 0.786 bits per heavy atom. The van der Waals surface area contributed by atoms with Crippen LogP contribution in [0.4, 0.5) is 0 Å². The van der Waals surface area contributed by atoms with E-state index in [-0.39, 0.29) is 12.8 Å². The molecule has 0 aromatic carbocycles. The molecule has 0 amide bonds. The van der Waals surface area contributed by atoms with Gasteiger partial charge < -0.3 is 89.1 Å². The van der Waals surface area contributed by atoms with Crippen molar-refractivity contribution < 1.29 is 117 Å². The van der Waals surface area contributed by atoms with Crippen LogP contribution in [-0.4, -0.2) is 204 Å². The van der Waals surface area contributed by atoms with Gasteiger partial charge in [-0.05, 0) is 25.7 Å². The lowest BCUT2D eigenvalue weighted by molar-refractivity contribution is -0.360. The van der Waals surface area contributed by atoms with Gasteiger partial charge in [-0.15, -0.1) is 0 Å². The minimum absolute atomic E-state index is 0.0381. The molecule has 25 heteroatoms. The maximum atomic E-state index is 14.3. The first-order valence-corrected chi connectivity index (χ1v) is 39.7. The monoisotopic (exact) mass is 1420 g/mol. The summed E-state index contributed by atoms with van der Waals surface area (Å²) in [5, 5.41) is 110. The Labute approximate surface area is 585 Å². The quantitative estimate of drug-likeness (QED) is 0.00673. The zero-order chi connectivity index (χ0) is 71.8. The van der Waals surface area contributed by atoms with Gasteiger partial charge in [0.2, 0.25) is 0 Å². The highest BCUT2D eigenvalue weighted by Crippen LogP contribution is 2.49. The Hall–Kier alpha value is -2.56. The minimum atomic E-state index is -5.70. The molecule has 2 saturated heterocycles. The largest absolute Gasteiger partial charge is 0.472 e. The number of phosphoric acid groups is 1.